The molecule has 1 aromatic rings. The third kappa shape index (κ3) is 5.71. The van der Waals surface area contributed by atoms with Gasteiger partial charge >= 0.3 is 0 Å². The van der Waals surface area contributed by atoms with Crippen molar-refractivity contribution in [3.05, 3.63) is 29.8 Å². The molecular weight excluding hydrogens is 214 g/mol. The van der Waals surface area contributed by atoms with Crippen molar-refractivity contribution in [3.8, 4) is 5.75 Å². The molecule has 3 nitrogen and oxygen atoms in total. The number of benzene rings is 1. The molecule has 0 radical (unpaired) electrons. The maximum Gasteiger partial charge on any atom is 0.123 e. The van der Waals surface area contributed by atoms with Gasteiger partial charge in [0.05, 0.1) is 18.8 Å². The van der Waals surface area contributed by atoms with E-state index in [9.17, 15) is 0 Å². The third-order valence-corrected chi connectivity index (χ3v) is 2.27. The summed E-state index contributed by atoms with van der Waals surface area (Å²) in [5, 5.41) is 0. The fourth-order valence-electron chi connectivity index (χ4n) is 1.43. The van der Waals surface area contributed by atoms with Crippen LogP contribution in [0.25, 0.3) is 0 Å². The molecule has 0 aliphatic rings. The average Bonchev–Trinajstić information content (AvgIpc) is 2.27. The molecule has 0 spiro atoms. The Morgan fingerprint density at radius 3 is 2.47 bits per heavy atom. The molecule has 0 aliphatic carbocycles. The highest BCUT2D eigenvalue weighted by molar-refractivity contribution is 5.32. The Balaban J connectivity index is 2.27. The van der Waals surface area contributed by atoms with Crippen LogP contribution in [0.3, 0.4) is 0 Å². The van der Waals surface area contributed by atoms with Crippen LogP contribution in [0.4, 0.5) is 0 Å². The van der Waals surface area contributed by atoms with E-state index in [1.54, 1.807) is 0 Å². The number of ether oxygens (including phenoxy) is 2. The molecule has 0 saturated carbocycles. The fraction of sp³-hybridized carbons (Fsp3) is 0.571. The van der Waals surface area contributed by atoms with E-state index in [4.69, 9.17) is 15.2 Å². The molecule has 0 atom stereocenters. The number of hydrogen-bond donors (Lipinski definition) is 1. The van der Waals surface area contributed by atoms with Gasteiger partial charge in [-0.3, -0.25) is 0 Å². The van der Waals surface area contributed by atoms with Gasteiger partial charge in [-0.1, -0.05) is 18.2 Å². The molecule has 0 saturated heterocycles. The summed E-state index contributed by atoms with van der Waals surface area (Å²) in [6, 6.07) is 7.87. The zero-order valence-corrected chi connectivity index (χ0v) is 11.0. The predicted molar refractivity (Wildman–Crippen MR) is 70.2 cm³/mol. The predicted octanol–water partition coefficient (Wildman–Crippen LogP) is 2.73. The zero-order chi connectivity index (χ0) is 12.7. The highest BCUT2D eigenvalue weighted by atomic mass is 16.5. The van der Waals surface area contributed by atoms with E-state index in [1.807, 2.05) is 24.3 Å². The Labute approximate surface area is 104 Å². The Bertz CT molecular complexity index is 331. The second kappa shape index (κ2) is 6.62. The van der Waals surface area contributed by atoms with Crippen molar-refractivity contribution in [1.82, 2.24) is 0 Å². The average molecular weight is 237 g/mol. The first kappa shape index (κ1) is 14.0. The second-order valence-electron chi connectivity index (χ2n) is 4.97. The summed E-state index contributed by atoms with van der Waals surface area (Å²) in [5.74, 6) is 0.880. The largest absolute Gasteiger partial charge is 0.493 e. The van der Waals surface area contributed by atoms with Crippen molar-refractivity contribution in [3.63, 3.8) is 0 Å². The first-order chi connectivity index (χ1) is 8.03. The maximum atomic E-state index is 5.68. The van der Waals surface area contributed by atoms with Crippen molar-refractivity contribution in [2.24, 2.45) is 5.73 Å². The summed E-state index contributed by atoms with van der Waals surface area (Å²) in [7, 11) is 0. The Hall–Kier alpha value is -1.06. The smallest absolute Gasteiger partial charge is 0.123 e. The van der Waals surface area contributed by atoms with Gasteiger partial charge in [0.25, 0.3) is 0 Å². The van der Waals surface area contributed by atoms with E-state index in [0.29, 0.717) is 19.8 Å². The first-order valence-corrected chi connectivity index (χ1v) is 6.07. The van der Waals surface area contributed by atoms with Gasteiger partial charge in [0.2, 0.25) is 0 Å². The van der Waals surface area contributed by atoms with E-state index in [0.717, 1.165) is 17.7 Å². The molecule has 0 aliphatic heterocycles. The molecule has 96 valence electrons. The standard InChI is InChI=1S/C14H23NO2/c1-14(2,3)17-10-6-9-16-13-8-5-4-7-12(13)11-15/h4-5,7-8H,6,9-11,15H2,1-3H3. The van der Waals surface area contributed by atoms with Crippen molar-refractivity contribution in [1.29, 1.82) is 0 Å². The quantitative estimate of drug-likeness (QED) is 0.774. The molecule has 0 heterocycles. The summed E-state index contributed by atoms with van der Waals surface area (Å²) >= 11 is 0. The van der Waals surface area contributed by atoms with Crippen LogP contribution in [-0.2, 0) is 11.3 Å². The van der Waals surface area contributed by atoms with Crippen molar-refractivity contribution in [2.75, 3.05) is 13.2 Å². The van der Waals surface area contributed by atoms with Gasteiger partial charge in [0.1, 0.15) is 5.75 Å². The lowest BCUT2D eigenvalue weighted by Gasteiger charge is -2.19. The minimum absolute atomic E-state index is 0.0742. The van der Waals surface area contributed by atoms with Crippen LogP contribution >= 0.6 is 0 Å². The number of para-hydroxylation sites is 1. The minimum Gasteiger partial charge on any atom is -0.493 e. The van der Waals surface area contributed by atoms with Crippen LogP contribution in [0, 0.1) is 0 Å². The first-order valence-electron chi connectivity index (χ1n) is 6.07. The van der Waals surface area contributed by atoms with Gasteiger partial charge in [-0.25, -0.2) is 0 Å². The van der Waals surface area contributed by atoms with Crippen LogP contribution in [0.1, 0.15) is 32.8 Å². The van der Waals surface area contributed by atoms with E-state index in [-0.39, 0.29) is 5.60 Å². The molecule has 0 bridgehead atoms. The van der Waals surface area contributed by atoms with Crippen LogP contribution in [-0.4, -0.2) is 18.8 Å². The molecule has 2 N–H and O–H groups in total. The molecule has 0 aromatic heterocycles. The topological polar surface area (TPSA) is 44.5 Å². The van der Waals surface area contributed by atoms with Gasteiger partial charge in [0, 0.05) is 18.5 Å². The highest BCUT2D eigenvalue weighted by Crippen LogP contribution is 2.17. The second-order valence-corrected chi connectivity index (χ2v) is 4.97. The molecule has 0 unspecified atom stereocenters. The zero-order valence-electron chi connectivity index (χ0n) is 11.0. The Morgan fingerprint density at radius 1 is 1.12 bits per heavy atom. The van der Waals surface area contributed by atoms with Crippen molar-refractivity contribution in [2.45, 2.75) is 39.3 Å². The van der Waals surface area contributed by atoms with E-state index in [1.165, 1.54) is 0 Å². The molecular formula is C14H23NO2. The van der Waals surface area contributed by atoms with E-state index < -0.39 is 0 Å². The number of rotatable bonds is 6. The number of nitrogens with two attached hydrogens (primary N) is 1. The molecule has 0 fully saturated rings. The van der Waals surface area contributed by atoms with Gasteiger partial charge in [-0.05, 0) is 26.8 Å². The maximum absolute atomic E-state index is 5.68. The van der Waals surface area contributed by atoms with E-state index >= 15 is 0 Å². The van der Waals surface area contributed by atoms with Crippen LogP contribution in [0.5, 0.6) is 5.75 Å². The van der Waals surface area contributed by atoms with Crippen LogP contribution in [0.2, 0.25) is 0 Å². The molecule has 17 heavy (non-hydrogen) atoms. The molecule has 1 aromatic carbocycles. The summed E-state index contributed by atoms with van der Waals surface area (Å²) in [6.07, 6.45) is 0.885. The summed E-state index contributed by atoms with van der Waals surface area (Å²) in [5.41, 5.74) is 6.60. The number of hydrogen-bond acceptors (Lipinski definition) is 3. The normalized spacial score (nSPS) is 11.5. The SMILES string of the molecule is CC(C)(C)OCCCOc1ccccc1CN. The summed E-state index contributed by atoms with van der Waals surface area (Å²) in [4.78, 5) is 0. The van der Waals surface area contributed by atoms with Gasteiger partial charge in [-0.2, -0.15) is 0 Å². The monoisotopic (exact) mass is 237 g/mol. The Kier molecular flexibility index (Phi) is 5.45. The van der Waals surface area contributed by atoms with Crippen molar-refractivity contribution >= 4 is 0 Å². The lowest BCUT2D eigenvalue weighted by Crippen LogP contribution is -2.20. The molecule has 0 amide bonds. The van der Waals surface area contributed by atoms with Crippen LogP contribution in [0.15, 0.2) is 24.3 Å². The minimum atomic E-state index is -0.0742. The lowest BCUT2D eigenvalue weighted by atomic mass is 10.2. The van der Waals surface area contributed by atoms with Gasteiger partial charge < -0.3 is 15.2 Å². The van der Waals surface area contributed by atoms with Gasteiger partial charge in [0.15, 0.2) is 0 Å². The fourth-order valence-corrected chi connectivity index (χ4v) is 1.43. The van der Waals surface area contributed by atoms with E-state index in [2.05, 4.69) is 20.8 Å². The summed E-state index contributed by atoms with van der Waals surface area (Å²) < 4.78 is 11.3. The van der Waals surface area contributed by atoms with Gasteiger partial charge in [-0.15, -0.1) is 0 Å². The molecule has 3 heteroatoms. The summed E-state index contributed by atoms with van der Waals surface area (Å²) in [6.45, 7) is 8.04. The molecule has 1 rings (SSSR count). The highest BCUT2D eigenvalue weighted by Gasteiger charge is 2.09. The Morgan fingerprint density at radius 2 is 1.82 bits per heavy atom. The third-order valence-electron chi connectivity index (χ3n) is 2.27. The van der Waals surface area contributed by atoms with Crippen molar-refractivity contribution < 1.29 is 9.47 Å². The van der Waals surface area contributed by atoms with Crippen LogP contribution < -0.4 is 10.5 Å². The lowest BCUT2D eigenvalue weighted by molar-refractivity contribution is -0.00771.